The minimum Gasteiger partial charge on any atom is -0.326 e. The summed E-state index contributed by atoms with van der Waals surface area (Å²) < 4.78 is 0. The standard InChI is InChI=1S/C21H21N5O2/c1-13-7-8-14(2)19(11-13)25-20(28)18-9-10-22-21(26-18)24-17-6-4-5-16(12-17)23-15(3)27/h4-12H,1-3H3,(H,23,27)(H,25,28)(H,22,24,26). The molecule has 2 aromatic carbocycles. The summed E-state index contributed by atoms with van der Waals surface area (Å²) in [7, 11) is 0. The highest BCUT2D eigenvalue weighted by Gasteiger charge is 2.11. The van der Waals surface area contributed by atoms with Gasteiger partial charge in [0.2, 0.25) is 11.9 Å². The lowest BCUT2D eigenvalue weighted by molar-refractivity contribution is -0.114. The topological polar surface area (TPSA) is 96.0 Å². The number of hydrogen-bond acceptors (Lipinski definition) is 5. The Balaban J connectivity index is 1.76. The number of benzene rings is 2. The van der Waals surface area contributed by atoms with E-state index in [1.807, 2.05) is 38.1 Å². The fourth-order valence-corrected chi connectivity index (χ4v) is 2.61. The molecular weight excluding hydrogens is 354 g/mol. The van der Waals surface area contributed by atoms with Gasteiger partial charge in [-0.25, -0.2) is 9.97 Å². The SMILES string of the molecule is CC(=O)Nc1cccc(Nc2nccc(C(=O)Nc3cc(C)ccc3C)n2)c1. The van der Waals surface area contributed by atoms with E-state index in [0.717, 1.165) is 16.8 Å². The molecule has 0 atom stereocenters. The lowest BCUT2D eigenvalue weighted by Crippen LogP contribution is -2.15. The minimum atomic E-state index is -0.314. The van der Waals surface area contributed by atoms with E-state index in [0.29, 0.717) is 11.4 Å². The van der Waals surface area contributed by atoms with Crippen molar-refractivity contribution in [3.63, 3.8) is 0 Å². The van der Waals surface area contributed by atoms with Gasteiger partial charge in [-0.2, -0.15) is 0 Å². The molecule has 3 rings (SSSR count). The van der Waals surface area contributed by atoms with Gasteiger partial charge in [-0.15, -0.1) is 0 Å². The van der Waals surface area contributed by atoms with Crippen molar-refractivity contribution in [3.8, 4) is 0 Å². The lowest BCUT2D eigenvalue weighted by Gasteiger charge is -2.10. The number of hydrogen-bond donors (Lipinski definition) is 3. The van der Waals surface area contributed by atoms with Crippen LogP contribution in [-0.4, -0.2) is 21.8 Å². The van der Waals surface area contributed by atoms with E-state index in [9.17, 15) is 9.59 Å². The van der Waals surface area contributed by atoms with Crippen LogP contribution < -0.4 is 16.0 Å². The number of amides is 2. The van der Waals surface area contributed by atoms with Crippen LogP contribution in [0.25, 0.3) is 0 Å². The van der Waals surface area contributed by atoms with E-state index < -0.39 is 0 Å². The second-order valence-electron chi connectivity index (χ2n) is 6.42. The van der Waals surface area contributed by atoms with Crippen LogP contribution in [-0.2, 0) is 4.79 Å². The smallest absolute Gasteiger partial charge is 0.274 e. The molecular formula is C21H21N5O2. The molecule has 3 aromatic rings. The normalized spacial score (nSPS) is 10.2. The predicted molar refractivity (Wildman–Crippen MR) is 110 cm³/mol. The number of carbonyl (C=O) groups is 2. The molecule has 0 aliphatic heterocycles. The first-order chi connectivity index (χ1) is 13.4. The zero-order chi connectivity index (χ0) is 20.1. The first-order valence-corrected chi connectivity index (χ1v) is 8.77. The largest absolute Gasteiger partial charge is 0.326 e. The van der Waals surface area contributed by atoms with E-state index in [-0.39, 0.29) is 23.5 Å². The van der Waals surface area contributed by atoms with E-state index in [1.54, 1.807) is 24.3 Å². The molecule has 0 fully saturated rings. The zero-order valence-corrected chi connectivity index (χ0v) is 15.9. The first-order valence-electron chi connectivity index (χ1n) is 8.77. The number of rotatable bonds is 5. The molecule has 7 heteroatoms. The number of anilines is 4. The van der Waals surface area contributed by atoms with Crippen LogP contribution in [0, 0.1) is 13.8 Å². The summed E-state index contributed by atoms with van der Waals surface area (Å²) in [6, 6.07) is 14.6. The average Bonchev–Trinajstić information content (AvgIpc) is 2.64. The minimum absolute atomic E-state index is 0.154. The van der Waals surface area contributed by atoms with Crippen LogP contribution in [0.15, 0.2) is 54.7 Å². The molecule has 2 amide bonds. The maximum atomic E-state index is 12.6. The number of aryl methyl sites for hydroxylation is 2. The van der Waals surface area contributed by atoms with Gasteiger partial charge in [0, 0.05) is 30.2 Å². The van der Waals surface area contributed by atoms with Crippen molar-refractivity contribution in [2.45, 2.75) is 20.8 Å². The van der Waals surface area contributed by atoms with Gasteiger partial charge in [-0.1, -0.05) is 18.2 Å². The molecule has 0 unspecified atom stereocenters. The number of nitrogens with zero attached hydrogens (tertiary/aromatic N) is 2. The van der Waals surface area contributed by atoms with Crippen LogP contribution in [0.4, 0.5) is 23.0 Å². The van der Waals surface area contributed by atoms with E-state index in [2.05, 4.69) is 25.9 Å². The Morgan fingerprint density at radius 1 is 0.929 bits per heavy atom. The highest BCUT2D eigenvalue weighted by molar-refractivity contribution is 6.03. The molecule has 0 saturated heterocycles. The highest BCUT2D eigenvalue weighted by atomic mass is 16.2. The predicted octanol–water partition coefficient (Wildman–Crippen LogP) is 4.05. The van der Waals surface area contributed by atoms with Crippen molar-refractivity contribution in [2.24, 2.45) is 0 Å². The zero-order valence-electron chi connectivity index (χ0n) is 15.9. The molecule has 0 saturated carbocycles. The summed E-state index contributed by atoms with van der Waals surface area (Å²) in [5.41, 5.74) is 4.38. The summed E-state index contributed by atoms with van der Waals surface area (Å²) in [4.78, 5) is 32.2. The molecule has 0 radical (unpaired) electrons. The van der Waals surface area contributed by atoms with Crippen molar-refractivity contribution in [2.75, 3.05) is 16.0 Å². The molecule has 0 spiro atoms. The van der Waals surface area contributed by atoms with Gasteiger partial charge in [0.15, 0.2) is 0 Å². The van der Waals surface area contributed by atoms with E-state index in [4.69, 9.17) is 0 Å². The van der Waals surface area contributed by atoms with Gasteiger partial charge in [0.25, 0.3) is 5.91 Å². The molecule has 1 aromatic heterocycles. The molecule has 0 aliphatic carbocycles. The number of aromatic nitrogens is 2. The third-order valence-electron chi connectivity index (χ3n) is 3.97. The van der Waals surface area contributed by atoms with Crippen LogP contribution in [0.2, 0.25) is 0 Å². The maximum Gasteiger partial charge on any atom is 0.274 e. The van der Waals surface area contributed by atoms with Crippen LogP contribution in [0.5, 0.6) is 0 Å². The fourth-order valence-electron chi connectivity index (χ4n) is 2.61. The van der Waals surface area contributed by atoms with Gasteiger partial charge < -0.3 is 16.0 Å². The quantitative estimate of drug-likeness (QED) is 0.625. The molecule has 0 bridgehead atoms. The summed E-state index contributed by atoms with van der Waals surface area (Å²) in [6.45, 7) is 5.35. The van der Waals surface area contributed by atoms with Crippen molar-refractivity contribution in [3.05, 3.63) is 71.5 Å². The Labute approximate surface area is 163 Å². The van der Waals surface area contributed by atoms with Gasteiger partial charge >= 0.3 is 0 Å². The van der Waals surface area contributed by atoms with Crippen molar-refractivity contribution < 1.29 is 9.59 Å². The van der Waals surface area contributed by atoms with E-state index >= 15 is 0 Å². The molecule has 0 aliphatic rings. The van der Waals surface area contributed by atoms with Gasteiger partial charge in [-0.3, -0.25) is 9.59 Å². The Hall–Kier alpha value is -3.74. The molecule has 142 valence electrons. The third-order valence-corrected chi connectivity index (χ3v) is 3.97. The van der Waals surface area contributed by atoms with Crippen LogP contribution in [0.1, 0.15) is 28.5 Å². The summed E-state index contributed by atoms with van der Waals surface area (Å²) in [6.07, 6.45) is 1.52. The van der Waals surface area contributed by atoms with Gasteiger partial charge in [-0.05, 0) is 55.3 Å². The molecule has 3 N–H and O–H groups in total. The first kappa shape index (κ1) is 19.0. The van der Waals surface area contributed by atoms with Crippen molar-refractivity contribution in [1.29, 1.82) is 0 Å². The Kier molecular flexibility index (Phi) is 5.64. The monoisotopic (exact) mass is 375 g/mol. The second-order valence-corrected chi connectivity index (χ2v) is 6.42. The van der Waals surface area contributed by atoms with Gasteiger partial charge in [0.1, 0.15) is 5.69 Å². The Bertz CT molecular complexity index is 1030. The second kappa shape index (κ2) is 8.30. The summed E-state index contributed by atoms with van der Waals surface area (Å²) in [5, 5.41) is 8.64. The highest BCUT2D eigenvalue weighted by Crippen LogP contribution is 2.19. The van der Waals surface area contributed by atoms with Crippen LogP contribution >= 0.6 is 0 Å². The van der Waals surface area contributed by atoms with E-state index in [1.165, 1.54) is 13.1 Å². The fraction of sp³-hybridized carbons (Fsp3) is 0.143. The van der Waals surface area contributed by atoms with Crippen molar-refractivity contribution >= 4 is 34.8 Å². The lowest BCUT2D eigenvalue weighted by atomic mass is 10.1. The number of carbonyl (C=O) groups excluding carboxylic acids is 2. The molecule has 1 heterocycles. The third kappa shape index (κ3) is 4.91. The van der Waals surface area contributed by atoms with Crippen molar-refractivity contribution in [1.82, 2.24) is 9.97 Å². The summed E-state index contributed by atoms with van der Waals surface area (Å²) in [5.74, 6) is -0.182. The molecule has 7 nitrogen and oxygen atoms in total. The number of nitrogens with one attached hydrogen (secondary N) is 3. The maximum absolute atomic E-state index is 12.6. The van der Waals surface area contributed by atoms with Crippen LogP contribution in [0.3, 0.4) is 0 Å². The van der Waals surface area contributed by atoms with Gasteiger partial charge in [0.05, 0.1) is 0 Å². The Morgan fingerprint density at radius 3 is 2.50 bits per heavy atom. The summed E-state index contributed by atoms with van der Waals surface area (Å²) >= 11 is 0. The Morgan fingerprint density at radius 2 is 1.71 bits per heavy atom. The average molecular weight is 375 g/mol. The molecule has 28 heavy (non-hydrogen) atoms.